The largest absolute Gasteiger partial charge is 0.382 e. The molecule has 0 fully saturated rings. The van der Waals surface area contributed by atoms with Gasteiger partial charge in [-0.15, -0.1) is 0 Å². The molecule has 0 atom stereocenters. The summed E-state index contributed by atoms with van der Waals surface area (Å²) in [5.74, 6) is 0.117. The van der Waals surface area contributed by atoms with Crippen molar-refractivity contribution in [3.63, 3.8) is 0 Å². The Morgan fingerprint density at radius 3 is 2.87 bits per heavy atom. The molecule has 0 bridgehead atoms. The normalized spacial score (nSPS) is 10.5. The van der Waals surface area contributed by atoms with Gasteiger partial charge in [-0.2, -0.15) is 5.10 Å². The second-order valence-electron chi connectivity index (χ2n) is 3.17. The van der Waals surface area contributed by atoms with Crippen molar-refractivity contribution in [1.82, 2.24) is 9.78 Å². The summed E-state index contributed by atoms with van der Waals surface area (Å²) in [4.78, 5) is 0. The molecule has 0 saturated carbocycles. The average Bonchev–Trinajstić information content (AvgIpc) is 2.58. The molecule has 1 aromatic heterocycles. The quantitative estimate of drug-likeness (QED) is 0.853. The van der Waals surface area contributed by atoms with Crippen molar-refractivity contribution in [2.45, 2.75) is 6.54 Å². The molecular weight excluding hydrogens is 217 g/mol. The molecule has 2 aromatic rings. The Bertz CT molecular complexity index is 481. The van der Waals surface area contributed by atoms with Gasteiger partial charge in [0.1, 0.15) is 11.6 Å². The predicted octanol–water partition coefficient (Wildman–Crippen LogP) is 2.31. The van der Waals surface area contributed by atoms with Gasteiger partial charge in [0.05, 0.1) is 6.54 Å². The Kier molecular flexibility index (Phi) is 2.60. The van der Waals surface area contributed by atoms with E-state index >= 15 is 0 Å². The highest BCUT2D eigenvalue weighted by Crippen LogP contribution is 2.15. The lowest BCUT2D eigenvalue weighted by Gasteiger charge is -2.03. The lowest BCUT2D eigenvalue weighted by atomic mass is 10.2. The lowest BCUT2D eigenvalue weighted by molar-refractivity contribution is 0.586. The number of hydrogen-bond acceptors (Lipinski definition) is 2. The first-order chi connectivity index (χ1) is 7.15. The molecule has 0 amide bonds. The zero-order valence-electron chi connectivity index (χ0n) is 7.82. The molecule has 5 heteroatoms. The lowest BCUT2D eigenvalue weighted by Crippen LogP contribution is -2.03. The smallest absolute Gasteiger partial charge is 0.145 e. The summed E-state index contributed by atoms with van der Waals surface area (Å²) < 4.78 is 14.9. The Morgan fingerprint density at radius 2 is 2.20 bits per heavy atom. The van der Waals surface area contributed by atoms with Crippen molar-refractivity contribution in [3.8, 4) is 0 Å². The molecule has 2 N–H and O–H groups in total. The van der Waals surface area contributed by atoms with E-state index in [2.05, 4.69) is 5.10 Å². The van der Waals surface area contributed by atoms with Crippen LogP contribution in [-0.2, 0) is 6.54 Å². The van der Waals surface area contributed by atoms with Crippen LogP contribution in [0.1, 0.15) is 5.56 Å². The molecule has 0 spiro atoms. The third-order valence-electron chi connectivity index (χ3n) is 2.00. The Hall–Kier alpha value is -1.55. The first-order valence-corrected chi connectivity index (χ1v) is 4.76. The van der Waals surface area contributed by atoms with Crippen LogP contribution in [0.4, 0.5) is 10.2 Å². The predicted molar refractivity (Wildman–Crippen MR) is 57.2 cm³/mol. The summed E-state index contributed by atoms with van der Waals surface area (Å²) in [6, 6.07) is 6.08. The van der Waals surface area contributed by atoms with Gasteiger partial charge in [-0.1, -0.05) is 11.6 Å². The highest BCUT2D eigenvalue weighted by Gasteiger charge is 2.04. The summed E-state index contributed by atoms with van der Waals surface area (Å²) in [5.41, 5.74) is 5.94. The highest BCUT2D eigenvalue weighted by molar-refractivity contribution is 6.30. The topological polar surface area (TPSA) is 43.8 Å². The molecule has 15 heavy (non-hydrogen) atoms. The maximum absolute atomic E-state index is 13.3. The SMILES string of the molecule is Nc1ccn(Cc2cc(Cl)ccc2F)n1. The number of nitrogen functional groups attached to an aromatic ring is 1. The number of benzene rings is 1. The van der Waals surface area contributed by atoms with Crippen molar-refractivity contribution in [2.75, 3.05) is 5.73 Å². The summed E-state index contributed by atoms with van der Waals surface area (Å²) in [5, 5.41) is 4.47. The van der Waals surface area contributed by atoms with E-state index < -0.39 is 0 Å². The zero-order chi connectivity index (χ0) is 10.8. The van der Waals surface area contributed by atoms with Crippen LogP contribution < -0.4 is 5.73 Å². The van der Waals surface area contributed by atoms with E-state index in [1.165, 1.54) is 12.1 Å². The fourth-order valence-electron chi connectivity index (χ4n) is 1.30. The number of rotatable bonds is 2. The minimum Gasteiger partial charge on any atom is -0.382 e. The van der Waals surface area contributed by atoms with Crippen LogP contribution in [-0.4, -0.2) is 9.78 Å². The second-order valence-corrected chi connectivity index (χ2v) is 3.61. The van der Waals surface area contributed by atoms with E-state index in [1.54, 1.807) is 23.0 Å². The summed E-state index contributed by atoms with van der Waals surface area (Å²) in [7, 11) is 0. The first kappa shape index (κ1) is 9.98. The second kappa shape index (κ2) is 3.90. The van der Waals surface area contributed by atoms with E-state index in [0.717, 1.165) is 0 Å². The number of nitrogens with zero attached hydrogens (tertiary/aromatic N) is 2. The van der Waals surface area contributed by atoms with Crippen LogP contribution in [0, 0.1) is 5.82 Å². The molecule has 0 aliphatic rings. The van der Waals surface area contributed by atoms with Crippen molar-refractivity contribution in [3.05, 3.63) is 46.9 Å². The van der Waals surface area contributed by atoms with E-state index in [-0.39, 0.29) is 5.82 Å². The van der Waals surface area contributed by atoms with Crippen molar-refractivity contribution < 1.29 is 4.39 Å². The van der Waals surface area contributed by atoms with Crippen LogP contribution in [0.3, 0.4) is 0 Å². The molecule has 78 valence electrons. The van der Waals surface area contributed by atoms with Gasteiger partial charge in [0.2, 0.25) is 0 Å². The monoisotopic (exact) mass is 225 g/mol. The number of hydrogen-bond donors (Lipinski definition) is 1. The molecule has 0 radical (unpaired) electrons. The van der Waals surface area contributed by atoms with E-state index in [1.807, 2.05) is 0 Å². The third kappa shape index (κ3) is 2.27. The first-order valence-electron chi connectivity index (χ1n) is 4.38. The van der Waals surface area contributed by atoms with Gasteiger partial charge in [0, 0.05) is 16.8 Å². The molecule has 1 heterocycles. The molecule has 0 saturated heterocycles. The third-order valence-corrected chi connectivity index (χ3v) is 2.24. The maximum atomic E-state index is 13.3. The Balaban J connectivity index is 2.27. The highest BCUT2D eigenvalue weighted by atomic mass is 35.5. The Morgan fingerprint density at radius 1 is 1.40 bits per heavy atom. The van der Waals surface area contributed by atoms with Gasteiger partial charge in [-0.3, -0.25) is 4.68 Å². The van der Waals surface area contributed by atoms with Crippen LogP contribution in [0.25, 0.3) is 0 Å². The molecule has 0 aliphatic carbocycles. The number of aromatic nitrogens is 2. The summed E-state index contributed by atoms with van der Waals surface area (Å²) in [6.07, 6.45) is 1.69. The van der Waals surface area contributed by atoms with Gasteiger partial charge in [0.15, 0.2) is 0 Å². The molecule has 0 unspecified atom stereocenters. The van der Waals surface area contributed by atoms with Crippen LogP contribution in [0.5, 0.6) is 0 Å². The molecule has 2 rings (SSSR count). The number of halogens is 2. The molecule has 1 aromatic carbocycles. The van der Waals surface area contributed by atoms with E-state index in [0.29, 0.717) is 22.9 Å². The fourth-order valence-corrected chi connectivity index (χ4v) is 1.50. The van der Waals surface area contributed by atoms with Crippen LogP contribution in [0.15, 0.2) is 30.5 Å². The van der Waals surface area contributed by atoms with E-state index in [4.69, 9.17) is 17.3 Å². The summed E-state index contributed by atoms with van der Waals surface area (Å²) in [6.45, 7) is 0.323. The maximum Gasteiger partial charge on any atom is 0.145 e. The van der Waals surface area contributed by atoms with Crippen molar-refractivity contribution in [2.24, 2.45) is 0 Å². The van der Waals surface area contributed by atoms with Gasteiger partial charge in [-0.05, 0) is 24.3 Å². The molecule has 0 aliphatic heterocycles. The van der Waals surface area contributed by atoms with Crippen molar-refractivity contribution in [1.29, 1.82) is 0 Å². The Labute approximate surface area is 91.3 Å². The number of nitrogens with two attached hydrogens (primary N) is 1. The minimum absolute atomic E-state index is 0.298. The zero-order valence-corrected chi connectivity index (χ0v) is 8.58. The van der Waals surface area contributed by atoms with Gasteiger partial charge in [-0.25, -0.2) is 4.39 Å². The van der Waals surface area contributed by atoms with Gasteiger partial charge >= 0.3 is 0 Å². The standard InChI is InChI=1S/C10H9ClFN3/c11-8-1-2-9(12)7(5-8)6-15-4-3-10(13)14-15/h1-5H,6H2,(H2,13,14). The fraction of sp³-hybridized carbons (Fsp3) is 0.100. The van der Waals surface area contributed by atoms with E-state index in [9.17, 15) is 4.39 Å². The van der Waals surface area contributed by atoms with Crippen LogP contribution >= 0.6 is 11.6 Å². The summed E-state index contributed by atoms with van der Waals surface area (Å²) >= 11 is 5.77. The minimum atomic E-state index is -0.298. The van der Waals surface area contributed by atoms with Crippen LogP contribution in [0.2, 0.25) is 5.02 Å². The number of anilines is 1. The molecule has 3 nitrogen and oxygen atoms in total. The van der Waals surface area contributed by atoms with Gasteiger partial charge in [0.25, 0.3) is 0 Å². The average molecular weight is 226 g/mol. The molecular formula is C10H9ClFN3. The van der Waals surface area contributed by atoms with Gasteiger partial charge < -0.3 is 5.73 Å². The van der Waals surface area contributed by atoms with Crippen molar-refractivity contribution >= 4 is 17.4 Å².